The van der Waals surface area contributed by atoms with E-state index in [4.69, 9.17) is 11.6 Å². The summed E-state index contributed by atoms with van der Waals surface area (Å²) in [5.74, 6) is -1.93. The molecule has 5 rings (SSSR count). The summed E-state index contributed by atoms with van der Waals surface area (Å²) in [6.07, 6.45) is 0.739. The molecule has 2 bridgehead atoms. The summed E-state index contributed by atoms with van der Waals surface area (Å²) in [5, 5.41) is 16.0. The monoisotopic (exact) mass is 513 g/mol. The van der Waals surface area contributed by atoms with E-state index in [1.165, 1.54) is 4.90 Å². The van der Waals surface area contributed by atoms with E-state index in [-0.39, 0.29) is 42.0 Å². The Bertz CT molecular complexity index is 1160. The van der Waals surface area contributed by atoms with E-state index in [1.54, 1.807) is 17.8 Å². The predicted molar refractivity (Wildman–Crippen MR) is 137 cm³/mol. The third-order valence-electron chi connectivity index (χ3n) is 7.65. The van der Waals surface area contributed by atoms with Crippen LogP contribution >= 0.6 is 23.4 Å². The maximum atomic E-state index is 13.8. The molecule has 3 N–H and O–H groups in total. The number of aryl methyl sites for hydroxylation is 1. The third kappa shape index (κ3) is 3.74. The average Bonchev–Trinajstić information content (AvgIpc) is 3.41. The second-order valence-corrected chi connectivity index (χ2v) is 11.5. The average molecular weight is 514 g/mol. The smallest absolute Gasteiger partial charge is 0.248 e. The minimum atomic E-state index is -0.817. The van der Waals surface area contributed by atoms with E-state index in [0.717, 1.165) is 12.0 Å². The Hall–Kier alpha value is -2.55. The lowest BCUT2D eigenvalue weighted by Crippen LogP contribution is -2.55. The highest BCUT2D eigenvalue weighted by atomic mass is 35.5. The third-order valence-corrected chi connectivity index (χ3v) is 10.0. The molecule has 2 aromatic carbocycles. The number of likely N-dealkylation sites (tertiary alicyclic amines) is 1. The molecule has 2 aromatic rings. The van der Waals surface area contributed by atoms with Gasteiger partial charge in [-0.05, 0) is 43.0 Å². The normalized spacial score (nSPS) is 30.9. The molecule has 3 fully saturated rings. The number of aliphatic hydroxyl groups excluding tert-OH is 1. The van der Waals surface area contributed by atoms with Gasteiger partial charge in [0.15, 0.2) is 0 Å². The first-order valence-corrected chi connectivity index (χ1v) is 13.1. The Labute approximate surface area is 213 Å². The van der Waals surface area contributed by atoms with Crippen LogP contribution in [0.1, 0.15) is 18.9 Å². The van der Waals surface area contributed by atoms with Gasteiger partial charge in [-0.3, -0.25) is 14.4 Å². The Morgan fingerprint density at radius 3 is 2.57 bits per heavy atom. The van der Waals surface area contributed by atoms with Crippen LogP contribution in [0.25, 0.3) is 0 Å². The lowest BCUT2D eigenvalue weighted by atomic mass is 9.66. The molecule has 0 aliphatic carbocycles. The molecule has 7 nitrogen and oxygen atoms in total. The second-order valence-electron chi connectivity index (χ2n) is 9.58. The van der Waals surface area contributed by atoms with Crippen LogP contribution < -0.4 is 10.6 Å². The van der Waals surface area contributed by atoms with Gasteiger partial charge in [0, 0.05) is 17.5 Å². The summed E-state index contributed by atoms with van der Waals surface area (Å²) in [4.78, 5) is 42.5. The zero-order chi connectivity index (χ0) is 24.9. The molecule has 3 saturated heterocycles. The van der Waals surface area contributed by atoms with Gasteiger partial charge in [-0.1, -0.05) is 48.9 Å². The van der Waals surface area contributed by atoms with Crippen LogP contribution in [-0.2, 0) is 14.4 Å². The Morgan fingerprint density at radius 1 is 1.14 bits per heavy atom. The van der Waals surface area contributed by atoms with E-state index in [1.807, 2.05) is 49.4 Å². The zero-order valence-electron chi connectivity index (χ0n) is 19.5. The molecule has 6 atom stereocenters. The van der Waals surface area contributed by atoms with Crippen LogP contribution in [0.3, 0.4) is 0 Å². The van der Waals surface area contributed by atoms with Gasteiger partial charge in [0.2, 0.25) is 17.7 Å². The molecule has 3 amide bonds. The van der Waals surface area contributed by atoms with E-state index in [9.17, 15) is 19.5 Å². The van der Waals surface area contributed by atoms with Crippen molar-refractivity contribution in [2.75, 3.05) is 23.8 Å². The van der Waals surface area contributed by atoms with E-state index in [2.05, 4.69) is 17.6 Å². The number of hydrogen-bond donors (Lipinski definition) is 3. The number of nitrogens with one attached hydrogen (secondary N) is 2. The predicted octanol–water partition coefficient (Wildman–Crippen LogP) is 3.56. The van der Waals surface area contributed by atoms with Crippen molar-refractivity contribution in [1.29, 1.82) is 0 Å². The van der Waals surface area contributed by atoms with Crippen LogP contribution in [0.5, 0.6) is 0 Å². The fraction of sp³-hybridized carbons (Fsp3) is 0.423. The molecule has 0 aromatic heterocycles. The van der Waals surface area contributed by atoms with Gasteiger partial charge in [0.25, 0.3) is 0 Å². The van der Waals surface area contributed by atoms with Crippen molar-refractivity contribution >= 4 is 52.5 Å². The number of thioether (sulfide) groups is 1. The molecule has 1 spiro atoms. The molecule has 3 unspecified atom stereocenters. The summed E-state index contributed by atoms with van der Waals surface area (Å²) in [5.41, 5.74) is 2.00. The van der Waals surface area contributed by atoms with Crippen LogP contribution in [-0.4, -0.2) is 56.9 Å². The molecule has 35 heavy (non-hydrogen) atoms. The molecule has 184 valence electrons. The van der Waals surface area contributed by atoms with Crippen LogP contribution in [0.4, 0.5) is 11.4 Å². The van der Waals surface area contributed by atoms with Crippen LogP contribution in [0, 0.1) is 24.7 Å². The molecule has 3 aliphatic heterocycles. The number of para-hydroxylation sites is 2. The van der Waals surface area contributed by atoms with Gasteiger partial charge in [-0.2, -0.15) is 0 Å². The van der Waals surface area contributed by atoms with Crippen molar-refractivity contribution in [1.82, 2.24) is 4.90 Å². The number of anilines is 2. The number of benzene rings is 2. The van der Waals surface area contributed by atoms with Gasteiger partial charge in [-0.15, -0.1) is 11.8 Å². The van der Waals surface area contributed by atoms with E-state index in [0.29, 0.717) is 16.4 Å². The summed E-state index contributed by atoms with van der Waals surface area (Å²) in [6, 6.07) is 13.7. The number of β-amino-alcohol motifs (C(OH)–C–C–N with tert-alkyl or cyclic N) is 1. The minimum Gasteiger partial charge on any atom is -0.395 e. The molecule has 3 aliphatic rings. The van der Waals surface area contributed by atoms with Crippen molar-refractivity contribution < 1.29 is 19.5 Å². The van der Waals surface area contributed by atoms with Crippen molar-refractivity contribution in [3.8, 4) is 0 Å². The number of carbonyl (C=O) groups is 3. The van der Waals surface area contributed by atoms with Crippen molar-refractivity contribution in [3.05, 3.63) is 59.1 Å². The number of carbonyl (C=O) groups excluding carboxylic acids is 3. The standard InChI is InChI=1S/C26H28ClN3O4S/c1-14-7-6-10-17(27)21(14)29-24(33)22-26-15(2)13-18(35-26)19(20(26)25(34)30(22)11-12-31)23(32)28-16-8-4-3-5-9-16/h3-10,15,18-20,22,31H,11-13H2,1-2H3,(H,28,32)(H,29,33)/t15?,18-,19+,20+,22?,26?/m1/s1. The highest BCUT2D eigenvalue weighted by Crippen LogP contribution is 2.68. The Balaban J connectivity index is 1.51. The highest BCUT2D eigenvalue weighted by molar-refractivity contribution is 8.02. The van der Waals surface area contributed by atoms with Crippen LogP contribution in [0.2, 0.25) is 5.02 Å². The van der Waals surface area contributed by atoms with Gasteiger partial charge in [0.1, 0.15) is 6.04 Å². The highest BCUT2D eigenvalue weighted by Gasteiger charge is 2.75. The first-order chi connectivity index (χ1) is 16.8. The van der Waals surface area contributed by atoms with E-state index >= 15 is 0 Å². The first-order valence-electron chi connectivity index (χ1n) is 11.8. The van der Waals surface area contributed by atoms with E-state index < -0.39 is 22.6 Å². The topological polar surface area (TPSA) is 98.7 Å². The number of fused-ring (bicyclic) bond motifs is 1. The minimum absolute atomic E-state index is 0.0294. The molecular weight excluding hydrogens is 486 g/mol. The molecule has 9 heteroatoms. The van der Waals surface area contributed by atoms with Crippen LogP contribution in [0.15, 0.2) is 48.5 Å². The quantitative estimate of drug-likeness (QED) is 0.548. The number of hydrogen-bond acceptors (Lipinski definition) is 5. The number of halogens is 1. The van der Waals surface area contributed by atoms with Gasteiger partial charge < -0.3 is 20.6 Å². The maximum absolute atomic E-state index is 13.8. The SMILES string of the molecule is Cc1cccc(Cl)c1NC(=O)C1N(CCO)C(=O)[C@@H]2[C@@H](C(=O)Nc3ccccc3)[C@H]3CC(C)C12S3. The maximum Gasteiger partial charge on any atom is 0.248 e. The Kier molecular flexibility index (Phi) is 6.32. The lowest BCUT2D eigenvalue weighted by molar-refractivity contribution is -0.138. The van der Waals surface area contributed by atoms with Crippen molar-refractivity contribution in [2.24, 2.45) is 17.8 Å². The number of aliphatic hydroxyl groups is 1. The summed E-state index contributed by atoms with van der Waals surface area (Å²) < 4.78 is -0.755. The Morgan fingerprint density at radius 2 is 1.89 bits per heavy atom. The number of nitrogens with zero attached hydrogens (tertiary/aromatic N) is 1. The molecule has 0 radical (unpaired) electrons. The summed E-state index contributed by atoms with van der Waals surface area (Å²) in [7, 11) is 0. The van der Waals surface area contributed by atoms with Crippen molar-refractivity contribution in [3.63, 3.8) is 0 Å². The fourth-order valence-corrected chi connectivity index (χ4v) is 8.89. The van der Waals surface area contributed by atoms with Gasteiger partial charge in [-0.25, -0.2) is 0 Å². The molecular formula is C26H28ClN3O4S. The largest absolute Gasteiger partial charge is 0.395 e. The first kappa shape index (κ1) is 24.2. The number of amides is 3. The fourth-order valence-electron chi connectivity index (χ4n) is 6.20. The lowest BCUT2D eigenvalue weighted by Gasteiger charge is -2.38. The summed E-state index contributed by atoms with van der Waals surface area (Å²) in [6.45, 7) is 3.67. The second kappa shape index (κ2) is 9.15. The van der Waals surface area contributed by atoms with Gasteiger partial charge in [0.05, 0.1) is 33.9 Å². The zero-order valence-corrected chi connectivity index (χ0v) is 21.1. The molecule has 3 heterocycles. The number of rotatable bonds is 6. The van der Waals surface area contributed by atoms with Gasteiger partial charge >= 0.3 is 0 Å². The van der Waals surface area contributed by atoms with Crippen molar-refractivity contribution in [2.45, 2.75) is 36.3 Å². The summed E-state index contributed by atoms with van der Waals surface area (Å²) >= 11 is 7.97. The molecule has 0 saturated carbocycles.